The van der Waals surface area contributed by atoms with E-state index in [1.165, 1.54) is 12.1 Å². The van der Waals surface area contributed by atoms with E-state index in [2.05, 4.69) is 4.98 Å². The number of hydrogen-bond donors (Lipinski definition) is 2. The maximum Gasteiger partial charge on any atom is 0.321 e. The van der Waals surface area contributed by atoms with Gasteiger partial charge in [-0.15, -0.1) is 0 Å². The number of amides is 1. The van der Waals surface area contributed by atoms with E-state index in [4.69, 9.17) is 5.11 Å². The molecular weight excluding hydrogens is 280 g/mol. The van der Waals surface area contributed by atoms with E-state index >= 15 is 0 Å². The van der Waals surface area contributed by atoms with Crippen LogP contribution in [0.1, 0.15) is 17.4 Å². The minimum atomic E-state index is -0.894. The molecule has 1 aromatic rings. The number of nitro groups is 1. The van der Waals surface area contributed by atoms with Crippen LogP contribution in [-0.2, 0) is 4.79 Å². The summed E-state index contributed by atoms with van der Waals surface area (Å²) in [7, 11) is 0. The minimum Gasteiger partial charge on any atom is -0.480 e. The summed E-state index contributed by atoms with van der Waals surface area (Å²) in [6, 6.07) is 2.04. The summed E-state index contributed by atoms with van der Waals surface area (Å²) in [5.41, 5.74) is 0.168. The van der Waals surface area contributed by atoms with Crippen LogP contribution < -0.4 is 0 Å². The number of piperazine rings is 1. The first-order chi connectivity index (χ1) is 9.90. The maximum atomic E-state index is 12.2. The fraction of sp³-hybridized carbons (Fsp3) is 0.500. The predicted molar refractivity (Wildman–Crippen MR) is 72.0 cm³/mol. The van der Waals surface area contributed by atoms with Crippen molar-refractivity contribution in [1.82, 2.24) is 14.8 Å². The Morgan fingerprint density at radius 1 is 1.33 bits per heavy atom. The van der Waals surface area contributed by atoms with Crippen molar-refractivity contribution >= 4 is 17.7 Å². The number of carboxylic acids is 1. The van der Waals surface area contributed by atoms with Crippen LogP contribution in [0.25, 0.3) is 0 Å². The second-order valence-corrected chi connectivity index (χ2v) is 4.86. The first kappa shape index (κ1) is 15.0. The highest BCUT2D eigenvalue weighted by atomic mass is 16.6. The van der Waals surface area contributed by atoms with E-state index in [0.717, 1.165) is 0 Å². The van der Waals surface area contributed by atoms with Gasteiger partial charge < -0.3 is 20.1 Å². The molecule has 1 fully saturated rings. The summed E-state index contributed by atoms with van der Waals surface area (Å²) in [5, 5.41) is 19.5. The Morgan fingerprint density at radius 3 is 2.43 bits per heavy atom. The van der Waals surface area contributed by atoms with Gasteiger partial charge in [0.25, 0.3) is 5.91 Å². The summed E-state index contributed by atoms with van der Waals surface area (Å²) >= 11 is 0. The zero-order valence-electron chi connectivity index (χ0n) is 11.5. The molecule has 1 aliphatic heterocycles. The maximum absolute atomic E-state index is 12.2. The summed E-state index contributed by atoms with van der Waals surface area (Å²) in [6.45, 7) is 3.31. The smallest absolute Gasteiger partial charge is 0.321 e. The van der Waals surface area contributed by atoms with E-state index in [-0.39, 0.29) is 17.4 Å². The molecule has 9 heteroatoms. The summed E-state index contributed by atoms with van der Waals surface area (Å²) < 4.78 is 0. The molecule has 0 spiro atoms. The largest absolute Gasteiger partial charge is 0.480 e. The first-order valence-corrected chi connectivity index (χ1v) is 6.49. The molecule has 1 amide bonds. The molecule has 1 saturated heterocycles. The van der Waals surface area contributed by atoms with Crippen molar-refractivity contribution in [2.45, 2.75) is 13.0 Å². The molecule has 0 bridgehead atoms. The molecule has 2 heterocycles. The summed E-state index contributed by atoms with van der Waals surface area (Å²) in [6.07, 6.45) is 0. The van der Waals surface area contributed by atoms with Crippen molar-refractivity contribution in [3.63, 3.8) is 0 Å². The highest BCUT2D eigenvalue weighted by Gasteiger charge is 2.29. The van der Waals surface area contributed by atoms with Gasteiger partial charge >= 0.3 is 11.8 Å². The highest BCUT2D eigenvalue weighted by molar-refractivity contribution is 5.93. The lowest BCUT2D eigenvalue weighted by atomic mass is 10.2. The Kier molecular flexibility index (Phi) is 4.22. The lowest BCUT2D eigenvalue weighted by molar-refractivity contribution is -0.389. The number of H-pyrrole nitrogens is 1. The predicted octanol–water partition coefficient (Wildman–Crippen LogP) is 0.154. The van der Waals surface area contributed by atoms with E-state index in [9.17, 15) is 19.7 Å². The fourth-order valence-corrected chi connectivity index (χ4v) is 2.25. The minimum absolute atomic E-state index is 0.168. The number of aliphatic carboxylic acids is 1. The van der Waals surface area contributed by atoms with Gasteiger partial charge in [0.2, 0.25) is 0 Å². The monoisotopic (exact) mass is 296 g/mol. The molecule has 2 rings (SSSR count). The molecule has 0 radical (unpaired) electrons. The number of carbonyl (C=O) groups is 2. The molecule has 21 heavy (non-hydrogen) atoms. The quantitative estimate of drug-likeness (QED) is 0.603. The lowest BCUT2D eigenvalue weighted by Crippen LogP contribution is -2.53. The Hall–Kier alpha value is -2.42. The molecule has 1 aliphatic rings. The SMILES string of the molecule is CC(C(=O)O)N1CCN(C(=O)c2ccc([N+](=O)[O-])[nH]2)CC1. The lowest BCUT2D eigenvalue weighted by Gasteiger charge is -2.36. The third-order valence-electron chi connectivity index (χ3n) is 3.60. The molecule has 0 saturated carbocycles. The standard InChI is InChI=1S/C12H16N4O5/c1-8(12(18)19)14-4-6-15(7-5-14)11(17)9-2-3-10(13-9)16(20)21/h2-3,8,13H,4-7H2,1H3,(H,18,19). The first-order valence-electron chi connectivity index (χ1n) is 6.49. The van der Waals surface area contributed by atoms with Gasteiger partial charge in [0.05, 0.1) is 0 Å². The van der Waals surface area contributed by atoms with Gasteiger partial charge in [-0.3, -0.25) is 14.5 Å². The van der Waals surface area contributed by atoms with Crippen LogP contribution in [0.4, 0.5) is 5.82 Å². The normalized spacial score (nSPS) is 17.5. The Bertz CT molecular complexity index is 562. The third-order valence-corrected chi connectivity index (χ3v) is 3.60. The van der Waals surface area contributed by atoms with Crippen molar-refractivity contribution in [3.8, 4) is 0 Å². The van der Waals surface area contributed by atoms with Crippen molar-refractivity contribution in [2.75, 3.05) is 26.2 Å². The zero-order chi connectivity index (χ0) is 15.6. The topological polar surface area (TPSA) is 120 Å². The van der Waals surface area contributed by atoms with E-state index in [1.807, 2.05) is 0 Å². The summed E-state index contributed by atoms with van der Waals surface area (Å²) in [4.78, 5) is 38.9. The molecule has 114 valence electrons. The number of rotatable bonds is 4. The zero-order valence-corrected chi connectivity index (χ0v) is 11.5. The van der Waals surface area contributed by atoms with Gasteiger partial charge in [-0.2, -0.15) is 0 Å². The van der Waals surface area contributed by atoms with Crippen LogP contribution in [0.3, 0.4) is 0 Å². The molecule has 0 aliphatic carbocycles. The van der Waals surface area contributed by atoms with Crippen molar-refractivity contribution in [1.29, 1.82) is 0 Å². The van der Waals surface area contributed by atoms with Gasteiger partial charge in [0.15, 0.2) is 5.69 Å². The van der Waals surface area contributed by atoms with Crippen LogP contribution in [-0.4, -0.2) is 68.9 Å². The van der Waals surface area contributed by atoms with Crippen molar-refractivity contribution in [2.24, 2.45) is 0 Å². The van der Waals surface area contributed by atoms with E-state index < -0.39 is 16.9 Å². The van der Waals surface area contributed by atoms with Crippen LogP contribution in [0.5, 0.6) is 0 Å². The number of nitrogens with one attached hydrogen (secondary N) is 1. The number of carboxylic acid groups (broad SMARTS) is 1. The van der Waals surface area contributed by atoms with Gasteiger partial charge in [-0.1, -0.05) is 0 Å². The van der Waals surface area contributed by atoms with Crippen LogP contribution in [0.15, 0.2) is 12.1 Å². The molecular formula is C12H16N4O5. The van der Waals surface area contributed by atoms with Crippen molar-refractivity contribution < 1.29 is 19.6 Å². The summed E-state index contributed by atoms with van der Waals surface area (Å²) in [5.74, 6) is -1.43. The van der Waals surface area contributed by atoms with E-state index in [1.54, 1.807) is 16.7 Å². The van der Waals surface area contributed by atoms with E-state index in [0.29, 0.717) is 26.2 Å². The fourth-order valence-electron chi connectivity index (χ4n) is 2.25. The number of nitrogens with zero attached hydrogens (tertiary/aromatic N) is 3. The molecule has 1 atom stereocenters. The highest BCUT2D eigenvalue weighted by Crippen LogP contribution is 2.14. The number of aromatic amines is 1. The van der Waals surface area contributed by atoms with Crippen molar-refractivity contribution in [3.05, 3.63) is 27.9 Å². The molecule has 9 nitrogen and oxygen atoms in total. The van der Waals surface area contributed by atoms with Gasteiger partial charge in [0.1, 0.15) is 6.04 Å². The van der Waals surface area contributed by atoms with Crippen LogP contribution >= 0.6 is 0 Å². The Balaban J connectivity index is 1.96. The average Bonchev–Trinajstić information content (AvgIpc) is 2.96. The van der Waals surface area contributed by atoms with Crippen LogP contribution in [0, 0.1) is 10.1 Å². The number of aromatic nitrogens is 1. The Labute approximate surface area is 120 Å². The number of hydrogen-bond acceptors (Lipinski definition) is 5. The van der Waals surface area contributed by atoms with Gasteiger partial charge in [-0.25, -0.2) is 4.98 Å². The molecule has 1 unspecified atom stereocenters. The van der Waals surface area contributed by atoms with Gasteiger partial charge in [0, 0.05) is 32.2 Å². The molecule has 2 N–H and O–H groups in total. The average molecular weight is 296 g/mol. The number of carbonyl (C=O) groups excluding carboxylic acids is 1. The second-order valence-electron chi connectivity index (χ2n) is 4.86. The third kappa shape index (κ3) is 3.19. The van der Waals surface area contributed by atoms with Crippen LogP contribution in [0.2, 0.25) is 0 Å². The second kappa shape index (κ2) is 5.92. The van der Waals surface area contributed by atoms with Gasteiger partial charge in [-0.05, 0) is 17.9 Å². The Morgan fingerprint density at radius 2 is 1.95 bits per heavy atom. The molecule has 0 aromatic carbocycles. The molecule has 1 aromatic heterocycles.